The maximum absolute atomic E-state index is 13.0. The molecule has 1 heterocycles. The summed E-state index contributed by atoms with van der Waals surface area (Å²) in [4.78, 5) is 30.4. The van der Waals surface area contributed by atoms with Gasteiger partial charge in [-0.2, -0.15) is 0 Å². The third-order valence-electron chi connectivity index (χ3n) is 4.01. The van der Waals surface area contributed by atoms with Gasteiger partial charge in [0.05, 0.1) is 12.0 Å². The van der Waals surface area contributed by atoms with Crippen LogP contribution < -0.4 is 5.56 Å². The van der Waals surface area contributed by atoms with E-state index in [1.165, 1.54) is 29.1 Å². The van der Waals surface area contributed by atoms with Crippen LogP contribution in [0.25, 0.3) is 11.3 Å². The Bertz CT molecular complexity index is 953. The van der Waals surface area contributed by atoms with Crippen LogP contribution in [-0.2, 0) is 17.9 Å². The lowest BCUT2D eigenvalue weighted by Crippen LogP contribution is -2.33. The smallest absolute Gasteiger partial charge is 0.254 e. The van der Waals surface area contributed by atoms with Gasteiger partial charge in [-0.1, -0.05) is 30.3 Å². The highest BCUT2D eigenvalue weighted by Gasteiger charge is 2.12. The van der Waals surface area contributed by atoms with Gasteiger partial charge in [-0.05, 0) is 29.8 Å². The van der Waals surface area contributed by atoms with Gasteiger partial charge in [-0.3, -0.25) is 14.2 Å². The number of carbonyl (C=O) groups is 1. The maximum atomic E-state index is 13.0. The zero-order chi connectivity index (χ0) is 18.5. The fraction of sp³-hybridized carbons (Fsp3) is 0.150. The molecule has 1 aromatic heterocycles. The van der Waals surface area contributed by atoms with Gasteiger partial charge in [0.2, 0.25) is 5.91 Å². The van der Waals surface area contributed by atoms with Gasteiger partial charge in [0.1, 0.15) is 12.4 Å². The molecular weight excluding hydrogens is 333 g/mol. The molecule has 0 atom stereocenters. The van der Waals surface area contributed by atoms with Crippen LogP contribution in [0.3, 0.4) is 0 Å². The number of rotatable bonds is 5. The predicted molar refractivity (Wildman–Crippen MR) is 96.8 cm³/mol. The molecule has 3 rings (SSSR count). The van der Waals surface area contributed by atoms with Gasteiger partial charge in [0.15, 0.2) is 0 Å². The van der Waals surface area contributed by atoms with Crippen LogP contribution in [-0.4, -0.2) is 27.4 Å². The van der Waals surface area contributed by atoms with Gasteiger partial charge >= 0.3 is 0 Å². The number of hydrogen-bond acceptors (Lipinski definition) is 3. The molecule has 0 N–H and O–H groups in total. The van der Waals surface area contributed by atoms with Crippen LogP contribution in [0, 0.1) is 5.82 Å². The van der Waals surface area contributed by atoms with Crippen molar-refractivity contribution in [1.82, 2.24) is 14.5 Å². The molecule has 26 heavy (non-hydrogen) atoms. The Hall–Kier alpha value is -3.28. The van der Waals surface area contributed by atoms with Crippen molar-refractivity contribution in [3.05, 3.63) is 88.7 Å². The normalized spacial score (nSPS) is 10.5. The maximum Gasteiger partial charge on any atom is 0.254 e. The van der Waals surface area contributed by atoms with Gasteiger partial charge in [0.25, 0.3) is 5.56 Å². The molecule has 6 heteroatoms. The first-order chi connectivity index (χ1) is 12.5. The topological polar surface area (TPSA) is 55.2 Å². The summed E-state index contributed by atoms with van der Waals surface area (Å²) in [5, 5.41) is 0. The van der Waals surface area contributed by atoms with E-state index in [2.05, 4.69) is 4.98 Å². The van der Waals surface area contributed by atoms with Crippen LogP contribution in [0.5, 0.6) is 0 Å². The van der Waals surface area contributed by atoms with Crippen molar-refractivity contribution in [2.45, 2.75) is 13.1 Å². The van der Waals surface area contributed by atoms with Crippen molar-refractivity contribution in [1.29, 1.82) is 0 Å². The fourth-order valence-corrected chi connectivity index (χ4v) is 2.54. The van der Waals surface area contributed by atoms with Crippen LogP contribution in [0.1, 0.15) is 5.56 Å². The average molecular weight is 351 g/mol. The minimum absolute atomic E-state index is 0.0845. The highest BCUT2D eigenvalue weighted by Crippen LogP contribution is 2.15. The summed E-state index contributed by atoms with van der Waals surface area (Å²) < 4.78 is 14.3. The van der Waals surface area contributed by atoms with Crippen LogP contribution in [0.4, 0.5) is 4.39 Å². The third kappa shape index (κ3) is 4.22. The van der Waals surface area contributed by atoms with E-state index in [0.717, 1.165) is 5.56 Å². The molecule has 0 bridgehead atoms. The predicted octanol–water partition coefficient (Wildman–Crippen LogP) is 2.71. The molecule has 1 amide bonds. The monoisotopic (exact) mass is 351 g/mol. The van der Waals surface area contributed by atoms with Crippen molar-refractivity contribution in [3.63, 3.8) is 0 Å². The fourth-order valence-electron chi connectivity index (χ4n) is 2.54. The number of aromatic nitrogens is 2. The van der Waals surface area contributed by atoms with Crippen LogP contribution >= 0.6 is 0 Å². The second-order valence-corrected chi connectivity index (χ2v) is 5.98. The van der Waals surface area contributed by atoms with Crippen molar-refractivity contribution in [2.24, 2.45) is 0 Å². The zero-order valence-corrected chi connectivity index (χ0v) is 14.3. The van der Waals surface area contributed by atoms with Gasteiger partial charge in [-0.15, -0.1) is 0 Å². The van der Waals surface area contributed by atoms with Crippen molar-refractivity contribution < 1.29 is 9.18 Å². The molecule has 132 valence electrons. The Morgan fingerprint density at radius 3 is 2.46 bits per heavy atom. The lowest BCUT2D eigenvalue weighted by Gasteiger charge is -2.18. The van der Waals surface area contributed by atoms with Gasteiger partial charge < -0.3 is 4.90 Å². The summed E-state index contributed by atoms with van der Waals surface area (Å²) in [7, 11) is 1.70. The number of likely N-dealkylation sites (N-methyl/N-ethyl adjacent to an activating group) is 1. The first kappa shape index (κ1) is 17.5. The summed E-state index contributed by atoms with van der Waals surface area (Å²) in [6.07, 6.45) is 1.34. The molecule has 0 spiro atoms. The summed E-state index contributed by atoms with van der Waals surface area (Å²) in [6, 6.07) is 16.7. The van der Waals surface area contributed by atoms with E-state index in [1.807, 2.05) is 30.3 Å². The molecule has 0 unspecified atom stereocenters. The Labute approximate surface area is 150 Å². The number of amides is 1. The number of hydrogen-bond donors (Lipinski definition) is 0. The first-order valence-corrected chi connectivity index (χ1v) is 8.13. The largest absolute Gasteiger partial charge is 0.340 e. The Morgan fingerprint density at radius 1 is 1.12 bits per heavy atom. The Morgan fingerprint density at radius 2 is 1.81 bits per heavy atom. The van der Waals surface area contributed by atoms with E-state index in [0.29, 0.717) is 17.8 Å². The minimum atomic E-state index is -0.353. The number of benzene rings is 2. The third-order valence-corrected chi connectivity index (χ3v) is 4.01. The molecular formula is C20H18FN3O2. The summed E-state index contributed by atoms with van der Waals surface area (Å²) in [6.45, 7) is 0.383. The lowest BCUT2D eigenvalue weighted by atomic mass is 10.1. The molecule has 0 aliphatic carbocycles. The molecule has 0 radical (unpaired) electrons. The molecule has 0 aliphatic heterocycles. The lowest BCUT2D eigenvalue weighted by molar-refractivity contribution is -0.131. The molecule has 0 saturated carbocycles. The van der Waals surface area contributed by atoms with E-state index in [-0.39, 0.29) is 23.8 Å². The molecule has 3 aromatic rings. The van der Waals surface area contributed by atoms with Crippen molar-refractivity contribution in [2.75, 3.05) is 7.05 Å². The quantitative estimate of drug-likeness (QED) is 0.710. The van der Waals surface area contributed by atoms with Gasteiger partial charge in [-0.25, -0.2) is 9.37 Å². The number of carbonyl (C=O) groups excluding carboxylic acids is 1. The van der Waals surface area contributed by atoms with Crippen LogP contribution in [0.2, 0.25) is 0 Å². The van der Waals surface area contributed by atoms with Crippen molar-refractivity contribution in [3.8, 4) is 11.3 Å². The standard InChI is InChI=1S/C20H18FN3O2/c1-23(12-15-5-3-2-4-6-15)20(26)13-24-14-22-18(11-19(24)25)16-7-9-17(21)10-8-16/h2-11,14H,12-13H2,1H3. The number of halogens is 1. The molecule has 2 aromatic carbocycles. The number of nitrogens with zero attached hydrogens (tertiary/aromatic N) is 3. The summed E-state index contributed by atoms with van der Waals surface area (Å²) in [5.41, 5.74) is 1.76. The highest BCUT2D eigenvalue weighted by molar-refractivity contribution is 5.75. The SMILES string of the molecule is CN(Cc1ccccc1)C(=O)Cn1cnc(-c2ccc(F)cc2)cc1=O. The minimum Gasteiger partial charge on any atom is -0.340 e. The molecule has 0 saturated heterocycles. The molecule has 0 fully saturated rings. The Balaban J connectivity index is 1.70. The van der Waals surface area contributed by atoms with E-state index in [4.69, 9.17) is 0 Å². The second-order valence-electron chi connectivity index (χ2n) is 5.98. The highest BCUT2D eigenvalue weighted by atomic mass is 19.1. The summed E-state index contributed by atoms with van der Waals surface area (Å²) >= 11 is 0. The molecule has 5 nitrogen and oxygen atoms in total. The van der Waals surface area contributed by atoms with E-state index >= 15 is 0 Å². The van der Waals surface area contributed by atoms with Crippen LogP contribution in [0.15, 0.2) is 71.8 Å². The van der Waals surface area contributed by atoms with Crippen molar-refractivity contribution >= 4 is 5.91 Å². The van der Waals surface area contributed by atoms with E-state index in [1.54, 1.807) is 24.1 Å². The zero-order valence-electron chi connectivity index (χ0n) is 14.3. The Kier molecular flexibility index (Phi) is 5.22. The second kappa shape index (κ2) is 7.74. The van der Waals surface area contributed by atoms with Gasteiger partial charge in [0, 0.05) is 25.2 Å². The first-order valence-electron chi connectivity index (χ1n) is 8.13. The molecule has 0 aliphatic rings. The average Bonchev–Trinajstić information content (AvgIpc) is 2.64. The summed E-state index contributed by atoms with van der Waals surface area (Å²) in [5.74, 6) is -0.540. The van der Waals surface area contributed by atoms with E-state index < -0.39 is 0 Å². The van der Waals surface area contributed by atoms with E-state index in [9.17, 15) is 14.0 Å².